The molecular weight excluding hydrogens is 551 g/mol. The third-order valence-electron chi connectivity index (χ3n) is 4.72. The van der Waals surface area contributed by atoms with E-state index in [9.17, 15) is 27.9 Å². The fraction of sp³-hybridized carbons (Fsp3) is 0.136. The van der Waals surface area contributed by atoms with Gasteiger partial charge in [-0.2, -0.15) is 13.2 Å². The van der Waals surface area contributed by atoms with E-state index in [1.165, 1.54) is 10.9 Å². The number of amides is 1. The smallest absolute Gasteiger partial charge is 0.475 e. The number of carbonyl (C=O) groups is 2. The van der Waals surface area contributed by atoms with Crippen LogP contribution >= 0.6 is 15.9 Å². The van der Waals surface area contributed by atoms with Crippen molar-refractivity contribution < 1.29 is 33.0 Å². The fourth-order valence-corrected chi connectivity index (χ4v) is 3.24. The maximum atomic E-state index is 12.4. The molecule has 2 aromatic carbocycles. The highest BCUT2D eigenvalue weighted by atomic mass is 79.9. The average Bonchev–Trinajstić information content (AvgIpc) is 3.33. The highest BCUT2D eigenvalue weighted by Gasteiger charge is 2.38. The van der Waals surface area contributed by atoms with Gasteiger partial charge in [0.15, 0.2) is 5.69 Å². The number of alkyl halides is 3. The lowest BCUT2D eigenvalue weighted by Gasteiger charge is -2.11. The number of carboxylic acids is 1. The van der Waals surface area contributed by atoms with Crippen LogP contribution in [0.4, 0.5) is 13.2 Å². The monoisotopic (exact) mass is 567 g/mol. The second kappa shape index (κ2) is 11.1. The first kappa shape index (κ1) is 26.6. The Kier molecular flexibility index (Phi) is 8.22. The zero-order valence-corrected chi connectivity index (χ0v) is 19.6. The molecule has 4 aromatic rings. The summed E-state index contributed by atoms with van der Waals surface area (Å²) in [6.45, 7) is 0.0387. The molecule has 188 valence electrons. The second-order valence-corrected chi connectivity index (χ2v) is 8.09. The molecular formula is C22H17BrF3N5O5. The lowest BCUT2D eigenvalue weighted by atomic mass is 10.1. The predicted octanol–water partition coefficient (Wildman–Crippen LogP) is 2.97. The fourth-order valence-electron chi connectivity index (χ4n) is 2.97. The molecule has 0 bridgehead atoms. The Balaban J connectivity index is 0.000000454. The predicted molar refractivity (Wildman–Crippen MR) is 125 cm³/mol. The van der Waals surface area contributed by atoms with Crippen LogP contribution < -0.4 is 10.9 Å². The largest absolute Gasteiger partial charge is 0.490 e. The lowest BCUT2D eigenvalue weighted by Crippen LogP contribution is -2.28. The van der Waals surface area contributed by atoms with Crippen molar-refractivity contribution in [2.75, 3.05) is 6.54 Å². The van der Waals surface area contributed by atoms with E-state index in [0.717, 1.165) is 4.47 Å². The Labute approximate surface area is 208 Å². The molecule has 2 heterocycles. The van der Waals surface area contributed by atoms with Gasteiger partial charge in [-0.15, -0.1) is 5.10 Å². The number of aliphatic hydroxyl groups excluding tert-OH is 1. The van der Waals surface area contributed by atoms with Gasteiger partial charge >= 0.3 is 12.1 Å². The zero-order valence-electron chi connectivity index (χ0n) is 18.0. The number of carbonyl (C=O) groups excluding carboxylic acids is 1. The van der Waals surface area contributed by atoms with Crippen molar-refractivity contribution in [1.29, 1.82) is 0 Å². The molecule has 0 aliphatic rings. The number of hydrogen-bond acceptors (Lipinski definition) is 6. The zero-order chi connectivity index (χ0) is 26.5. The van der Waals surface area contributed by atoms with Gasteiger partial charge in [0.1, 0.15) is 0 Å². The number of aliphatic carboxylic acids is 1. The summed E-state index contributed by atoms with van der Waals surface area (Å²) in [7, 11) is 0. The number of pyridine rings is 1. The molecule has 4 rings (SSSR count). The van der Waals surface area contributed by atoms with Crippen LogP contribution in [0.15, 0.2) is 70.2 Å². The van der Waals surface area contributed by atoms with Crippen LogP contribution in [0.1, 0.15) is 22.2 Å². The van der Waals surface area contributed by atoms with Crippen molar-refractivity contribution in [2.45, 2.75) is 12.3 Å². The molecule has 0 saturated heterocycles. The third-order valence-corrected chi connectivity index (χ3v) is 5.25. The van der Waals surface area contributed by atoms with Crippen LogP contribution in [-0.4, -0.2) is 54.8 Å². The first-order valence-electron chi connectivity index (χ1n) is 10.0. The van der Waals surface area contributed by atoms with E-state index in [-0.39, 0.29) is 17.8 Å². The minimum absolute atomic E-state index is 0.0387. The summed E-state index contributed by atoms with van der Waals surface area (Å²) in [4.78, 5) is 35.9. The summed E-state index contributed by atoms with van der Waals surface area (Å²) >= 11 is 3.34. The second-order valence-electron chi connectivity index (χ2n) is 7.17. The molecule has 1 amide bonds. The van der Waals surface area contributed by atoms with Crippen molar-refractivity contribution in [3.05, 3.63) is 87.0 Å². The van der Waals surface area contributed by atoms with Crippen LogP contribution in [0.25, 0.3) is 16.5 Å². The van der Waals surface area contributed by atoms with E-state index in [1.54, 1.807) is 42.6 Å². The molecule has 0 spiro atoms. The summed E-state index contributed by atoms with van der Waals surface area (Å²) in [6, 6.07) is 14.2. The molecule has 0 aliphatic heterocycles. The van der Waals surface area contributed by atoms with Crippen LogP contribution in [0, 0.1) is 0 Å². The highest BCUT2D eigenvalue weighted by molar-refractivity contribution is 9.10. The lowest BCUT2D eigenvalue weighted by molar-refractivity contribution is -0.192. The van der Waals surface area contributed by atoms with Crippen molar-refractivity contribution >= 4 is 38.6 Å². The number of fused-ring (bicyclic) bond motifs is 1. The molecule has 14 heteroatoms. The van der Waals surface area contributed by atoms with Crippen molar-refractivity contribution in [3.8, 4) is 5.69 Å². The maximum absolute atomic E-state index is 12.4. The molecule has 0 saturated carbocycles. The number of aromatic nitrogens is 4. The van der Waals surface area contributed by atoms with Crippen molar-refractivity contribution in [3.63, 3.8) is 0 Å². The van der Waals surface area contributed by atoms with Gasteiger partial charge < -0.3 is 20.5 Å². The van der Waals surface area contributed by atoms with Crippen LogP contribution in [0.3, 0.4) is 0 Å². The quantitative estimate of drug-likeness (QED) is 0.289. The van der Waals surface area contributed by atoms with Gasteiger partial charge in [0.25, 0.3) is 11.5 Å². The minimum atomic E-state index is -5.08. The standard InChI is InChI=1S/C20H16BrN5O3.C2HF3O2/c21-13-6-4-12(5-7-13)18(27)10-23-20(29)16-11-26(25-24-16)17-3-1-2-15-14(17)8-9-22-19(15)28;3-2(4,5)1(6)7/h1-9,11,18,27H,10H2,(H,22,28)(H,23,29);(H,6,7). The van der Waals surface area contributed by atoms with E-state index in [2.05, 4.69) is 36.5 Å². The molecule has 36 heavy (non-hydrogen) atoms. The number of halogens is 4. The number of carboxylic acid groups (broad SMARTS) is 1. The van der Waals surface area contributed by atoms with Gasteiger partial charge in [0.2, 0.25) is 0 Å². The minimum Gasteiger partial charge on any atom is -0.475 e. The van der Waals surface area contributed by atoms with E-state index in [0.29, 0.717) is 22.0 Å². The number of aromatic amines is 1. The molecule has 0 fully saturated rings. The summed E-state index contributed by atoms with van der Waals surface area (Å²) in [5, 5.41) is 29.1. The normalized spacial score (nSPS) is 11.9. The number of rotatable bonds is 5. The molecule has 2 aromatic heterocycles. The Hall–Kier alpha value is -4.04. The Morgan fingerprint density at radius 2 is 1.78 bits per heavy atom. The highest BCUT2D eigenvalue weighted by Crippen LogP contribution is 2.19. The first-order chi connectivity index (χ1) is 17.0. The van der Waals surface area contributed by atoms with Crippen molar-refractivity contribution in [2.24, 2.45) is 0 Å². The van der Waals surface area contributed by atoms with Gasteiger partial charge in [-0.3, -0.25) is 9.59 Å². The SMILES string of the molecule is O=C(NCC(O)c1ccc(Br)cc1)c1cn(-c2cccc3c(=O)[nH]ccc23)nn1.O=C(O)C(F)(F)F. The Bertz CT molecular complexity index is 1440. The number of nitrogens with one attached hydrogen (secondary N) is 2. The summed E-state index contributed by atoms with van der Waals surface area (Å²) in [5.74, 6) is -3.21. The van der Waals surface area contributed by atoms with Gasteiger partial charge in [-0.05, 0) is 35.9 Å². The van der Waals surface area contributed by atoms with Gasteiger partial charge in [0.05, 0.1) is 18.0 Å². The number of nitrogens with zero attached hydrogens (tertiary/aromatic N) is 3. The molecule has 1 unspecified atom stereocenters. The molecule has 0 radical (unpaired) electrons. The van der Waals surface area contributed by atoms with E-state index >= 15 is 0 Å². The van der Waals surface area contributed by atoms with Crippen LogP contribution in [0.5, 0.6) is 0 Å². The Morgan fingerprint density at radius 1 is 1.11 bits per heavy atom. The third kappa shape index (κ3) is 6.55. The number of aliphatic hydroxyl groups is 1. The first-order valence-corrected chi connectivity index (χ1v) is 10.8. The molecule has 10 nitrogen and oxygen atoms in total. The Morgan fingerprint density at radius 3 is 2.42 bits per heavy atom. The number of benzene rings is 2. The number of hydrogen-bond donors (Lipinski definition) is 4. The van der Waals surface area contributed by atoms with Gasteiger partial charge in [0, 0.05) is 28.0 Å². The van der Waals surface area contributed by atoms with E-state index in [1.807, 2.05) is 12.1 Å². The summed E-state index contributed by atoms with van der Waals surface area (Å²) < 4.78 is 34.1. The molecule has 1 atom stereocenters. The molecule has 4 N–H and O–H groups in total. The molecule has 0 aliphatic carbocycles. The maximum Gasteiger partial charge on any atom is 0.490 e. The topological polar surface area (TPSA) is 150 Å². The van der Waals surface area contributed by atoms with Gasteiger partial charge in [-0.25, -0.2) is 9.48 Å². The average molecular weight is 568 g/mol. The summed E-state index contributed by atoms with van der Waals surface area (Å²) in [5.41, 5.74) is 1.23. The number of H-pyrrole nitrogens is 1. The van der Waals surface area contributed by atoms with E-state index in [4.69, 9.17) is 9.90 Å². The van der Waals surface area contributed by atoms with Crippen LogP contribution in [0.2, 0.25) is 0 Å². The van der Waals surface area contributed by atoms with Crippen molar-refractivity contribution in [1.82, 2.24) is 25.3 Å². The van der Waals surface area contributed by atoms with E-state index < -0.39 is 24.2 Å². The van der Waals surface area contributed by atoms with Gasteiger partial charge in [-0.1, -0.05) is 39.3 Å². The van der Waals surface area contributed by atoms with Crippen LogP contribution in [-0.2, 0) is 4.79 Å². The summed E-state index contributed by atoms with van der Waals surface area (Å²) in [6.07, 6.45) is -2.88.